The second kappa shape index (κ2) is 3.25. The van der Waals surface area contributed by atoms with Gasteiger partial charge in [0.25, 0.3) is 0 Å². The number of nitrogens with two attached hydrogens (primary N) is 1. The number of rotatable bonds is 1. The molecule has 0 bridgehead atoms. The summed E-state index contributed by atoms with van der Waals surface area (Å²) in [5.41, 5.74) is 6.47. The van der Waals surface area contributed by atoms with E-state index in [1.807, 2.05) is 0 Å². The van der Waals surface area contributed by atoms with Gasteiger partial charge in [0.1, 0.15) is 0 Å². The van der Waals surface area contributed by atoms with Crippen molar-refractivity contribution >= 4 is 0 Å². The highest BCUT2D eigenvalue weighted by atomic mass is 15.2. The molecular formula is C11H22N2. The second-order valence-electron chi connectivity index (χ2n) is 5.44. The zero-order valence-electron chi connectivity index (χ0n) is 8.92. The molecule has 2 nitrogen and oxygen atoms in total. The number of hydrogen-bond donors (Lipinski definition) is 1. The first-order valence-corrected chi connectivity index (χ1v) is 5.59. The zero-order chi connectivity index (χ0) is 9.47. The van der Waals surface area contributed by atoms with Crippen molar-refractivity contribution in [3.63, 3.8) is 0 Å². The van der Waals surface area contributed by atoms with Gasteiger partial charge in [-0.1, -0.05) is 20.3 Å². The van der Waals surface area contributed by atoms with Crippen molar-refractivity contribution in [2.24, 2.45) is 11.1 Å². The average Bonchev–Trinajstić information content (AvgIpc) is 2.56. The lowest BCUT2D eigenvalue weighted by Gasteiger charge is -2.34. The van der Waals surface area contributed by atoms with Crippen LogP contribution in [0.25, 0.3) is 0 Å². The predicted molar refractivity (Wildman–Crippen MR) is 55.6 cm³/mol. The van der Waals surface area contributed by atoms with Gasteiger partial charge in [0, 0.05) is 25.2 Å². The van der Waals surface area contributed by atoms with Crippen LogP contribution in [0.4, 0.5) is 0 Å². The first kappa shape index (κ1) is 9.47. The Kier molecular flexibility index (Phi) is 2.37. The van der Waals surface area contributed by atoms with E-state index < -0.39 is 0 Å². The molecule has 1 saturated heterocycles. The van der Waals surface area contributed by atoms with E-state index in [1.165, 1.54) is 32.2 Å². The fraction of sp³-hybridized carbons (Fsp3) is 1.00. The average molecular weight is 182 g/mol. The molecule has 2 fully saturated rings. The van der Waals surface area contributed by atoms with Crippen molar-refractivity contribution < 1.29 is 0 Å². The third-order valence-corrected chi connectivity index (χ3v) is 3.90. The van der Waals surface area contributed by atoms with Gasteiger partial charge in [0.15, 0.2) is 0 Å². The van der Waals surface area contributed by atoms with Crippen LogP contribution in [0.15, 0.2) is 0 Å². The summed E-state index contributed by atoms with van der Waals surface area (Å²) < 4.78 is 0. The molecule has 1 heterocycles. The Morgan fingerprint density at radius 2 is 2.08 bits per heavy atom. The van der Waals surface area contributed by atoms with E-state index in [0.717, 1.165) is 12.6 Å². The van der Waals surface area contributed by atoms with Crippen LogP contribution in [0.5, 0.6) is 0 Å². The van der Waals surface area contributed by atoms with Gasteiger partial charge in [-0.05, 0) is 24.7 Å². The lowest BCUT2D eigenvalue weighted by atomic mass is 9.86. The Morgan fingerprint density at radius 3 is 2.54 bits per heavy atom. The minimum absolute atomic E-state index is 0.441. The van der Waals surface area contributed by atoms with Crippen molar-refractivity contribution in [3.8, 4) is 0 Å². The molecule has 0 amide bonds. The summed E-state index contributed by atoms with van der Waals surface area (Å²) in [5, 5.41) is 0. The molecule has 0 aromatic rings. The van der Waals surface area contributed by atoms with E-state index in [4.69, 9.17) is 5.73 Å². The van der Waals surface area contributed by atoms with Crippen LogP contribution in [0.1, 0.15) is 39.5 Å². The summed E-state index contributed by atoms with van der Waals surface area (Å²) in [6.45, 7) is 7.19. The minimum atomic E-state index is 0.441. The van der Waals surface area contributed by atoms with Crippen molar-refractivity contribution in [2.45, 2.75) is 51.6 Å². The summed E-state index contributed by atoms with van der Waals surface area (Å²) in [5.74, 6) is 0. The molecule has 2 rings (SSSR count). The monoisotopic (exact) mass is 182 g/mol. The molecule has 13 heavy (non-hydrogen) atoms. The predicted octanol–water partition coefficient (Wildman–Crippen LogP) is 1.60. The van der Waals surface area contributed by atoms with Gasteiger partial charge >= 0.3 is 0 Å². The molecule has 0 aromatic carbocycles. The molecule has 76 valence electrons. The highest BCUT2D eigenvalue weighted by Crippen LogP contribution is 2.41. The molecule has 2 atom stereocenters. The summed E-state index contributed by atoms with van der Waals surface area (Å²) in [4.78, 5) is 2.62. The van der Waals surface area contributed by atoms with E-state index >= 15 is 0 Å². The Balaban J connectivity index is 2.00. The molecule has 2 heteroatoms. The van der Waals surface area contributed by atoms with Gasteiger partial charge in [-0.2, -0.15) is 0 Å². The lowest BCUT2D eigenvalue weighted by molar-refractivity contribution is 0.138. The molecular weight excluding hydrogens is 160 g/mol. The number of nitrogens with zero attached hydrogens (tertiary/aromatic N) is 1. The van der Waals surface area contributed by atoms with E-state index in [-0.39, 0.29) is 0 Å². The van der Waals surface area contributed by atoms with Gasteiger partial charge in [-0.15, -0.1) is 0 Å². The molecule has 2 aliphatic rings. The molecule has 0 radical (unpaired) electrons. The minimum Gasteiger partial charge on any atom is -0.326 e. The van der Waals surface area contributed by atoms with Crippen LogP contribution in [-0.4, -0.2) is 30.1 Å². The molecule has 1 unspecified atom stereocenters. The van der Waals surface area contributed by atoms with E-state index in [0.29, 0.717) is 11.5 Å². The van der Waals surface area contributed by atoms with Crippen LogP contribution in [0, 0.1) is 5.41 Å². The summed E-state index contributed by atoms with van der Waals surface area (Å²) in [6.07, 6.45) is 5.39. The fourth-order valence-corrected chi connectivity index (χ4v) is 3.08. The van der Waals surface area contributed by atoms with Crippen molar-refractivity contribution in [1.29, 1.82) is 0 Å². The van der Waals surface area contributed by atoms with Gasteiger partial charge in [0.2, 0.25) is 0 Å². The van der Waals surface area contributed by atoms with Crippen molar-refractivity contribution in [1.82, 2.24) is 4.90 Å². The summed E-state index contributed by atoms with van der Waals surface area (Å²) in [7, 11) is 0. The number of hydrogen-bond acceptors (Lipinski definition) is 2. The van der Waals surface area contributed by atoms with Gasteiger partial charge in [-0.25, -0.2) is 0 Å². The Hall–Kier alpha value is -0.0800. The maximum absolute atomic E-state index is 5.94. The van der Waals surface area contributed by atoms with Crippen LogP contribution < -0.4 is 5.73 Å². The third kappa shape index (κ3) is 1.75. The van der Waals surface area contributed by atoms with E-state index in [2.05, 4.69) is 18.7 Å². The highest BCUT2D eigenvalue weighted by molar-refractivity contribution is 4.95. The molecule has 1 aliphatic carbocycles. The zero-order valence-corrected chi connectivity index (χ0v) is 8.92. The van der Waals surface area contributed by atoms with Crippen LogP contribution in [0.3, 0.4) is 0 Å². The van der Waals surface area contributed by atoms with Gasteiger partial charge in [0.05, 0.1) is 0 Å². The topological polar surface area (TPSA) is 29.3 Å². The van der Waals surface area contributed by atoms with Crippen LogP contribution >= 0.6 is 0 Å². The normalized spacial score (nSPS) is 39.9. The second-order valence-corrected chi connectivity index (χ2v) is 5.44. The Bertz CT molecular complexity index is 189. The SMILES string of the molecule is CC1(C)CCCC1N1CC[C@@H](N)C1. The molecule has 2 N–H and O–H groups in total. The molecule has 0 spiro atoms. The maximum atomic E-state index is 5.94. The van der Waals surface area contributed by atoms with Crippen molar-refractivity contribution in [2.75, 3.05) is 13.1 Å². The summed E-state index contributed by atoms with van der Waals surface area (Å²) >= 11 is 0. The lowest BCUT2D eigenvalue weighted by Crippen LogP contribution is -2.41. The van der Waals surface area contributed by atoms with Gasteiger partial charge < -0.3 is 5.73 Å². The highest BCUT2D eigenvalue weighted by Gasteiger charge is 2.40. The molecule has 0 aromatic heterocycles. The first-order valence-electron chi connectivity index (χ1n) is 5.59. The Labute approximate surface area is 81.5 Å². The fourth-order valence-electron chi connectivity index (χ4n) is 3.08. The van der Waals surface area contributed by atoms with E-state index in [9.17, 15) is 0 Å². The van der Waals surface area contributed by atoms with Crippen LogP contribution in [-0.2, 0) is 0 Å². The van der Waals surface area contributed by atoms with Gasteiger partial charge in [-0.3, -0.25) is 4.90 Å². The quantitative estimate of drug-likeness (QED) is 0.667. The standard InChI is InChI=1S/C11H22N2/c1-11(2)6-3-4-10(11)13-7-5-9(12)8-13/h9-10H,3-8,12H2,1-2H3/t9-,10?/m1/s1. The Morgan fingerprint density at radius 1 is 1.31 bits per heavy atom. The molecule has 1 saturated carbocycles. The maximum Gasteiger partial charge on any atom is 0.0180 e. The molecule has 1 aliphatic heterocycles. The summed E-state index contributed by atoms with van der Waals surface area (Å²) in [6, 6.07) is 1.25. The number of likely N-dealkylation sites (tertiary alicyclic amines) is 1. The van der Waals surface area contributed by atoms with Crippen LogP contribution in [0.2, 0.25) is 0 Å². The third-order valence-electron chi connectivity index (χ3n) is 3.90. The van der Waals surface area contributed by atoms with Crippen molar-refractivity contribution in [3.05, 3.63) is 0 Å². The van der Waals surface area contributed by atoms with E-state index in [1.54, 1.807) is 0 Å². The largest absolute Gasteiger partial charge is 0.326 e. The smallest absolute Gasteiger partial charge is 0.0180 e. The first-order chi connectivity index (χ1) is 6.09.